The van der Waals surface area contributed by atoms with Crippen LogP contribution in [0.3, 0.4) is 0 Å². The van der Waals surface area contributed by atoms with Gasteiger partial charge < -0.3 is 14.4 Å². The third kappa shape index (κ3) is 8.05. The van der Waals surface area contributed by atoms with Crippen molar-refractivity contribution >= 4 is 18.0 Å². The number of hydrogen-bond donors (Lipinski definition) is 0. The fourth-order valence-corrected chi connectivity index (χ4v) is 1.94. The smallest absolute Gasteiger partial charge is 0.410 e. The summed E-state index contributed by atoms with van der Waals surface area (Å²) in [6.07, 6.45) is 4.43. The summed E-state index contributed by atoms with van der Waals surface area (Å²) in [5.74, 6) is -0.809. The molecule has 25 heavy (non-hydrogen) atoms. The Kier molecular flexibility index (Phi) is 11.3. The molecule has 7 nitrogen and oxygen atoms in total. The van der Waals surface area contributed by atoms with Gasteiger partial charge in [0.25, 0.3) is 0 Å². The van der Waals surface area contributed by atoms with Crippen LogP contribution in [0, 0.1) is 0 Å². The third-order valence-corrected chi connectivity index (χ3v) is 4.04. The van der Waals surface area contributed by atoms with E-state index < -0.39 is 24.1 Å². The average molecular weight is 356 g/mol. The lowest BCUT2D eigenvalue weighted by Crippen LogP contribution is -2.51. The molecule has 2 atom stereocenters. The van der Waals surface area contributed by atoms with Crippen molar-refractivity contribution in [1.29, 1.82) is 0 Å². The van der Waals surface area contributed by atoms with Crippen LogP contribution in [-0.4, -0.2) is 67.2 Å². The molecule has 2 amide bonds. The van der Waals surface area contributed by atoms with E-state index in [2.05, 4.69) is 13.5 Å². The van der Waals surface area contributed by atoms with E-state index in [1.165, 1.54) is 23.9 Å². The first-order chi connectivity index (χ1) is 11.8. The number of hydrogen-bond acceptors (Lipinski definition) is 5. The van der Waals surface area contributed by atoms with Crippen molar-refractivity contribution in [1.82, 2.24) is 9.80 Å². The zero-order valence-corrected chi connectivity index (χ0v) is 16.1. The zero-order chi connectivity index (χ0) is 19.4. The second-order valence-electron chi connectivity index (χ2n) is 5.98. The number of amides is 2. The van der Waals surface area contributed by atoms with E-state index >= 15 is 0 Å². The molecule has 0 saturated heterocycles. The molecule has 0 aliphatic rings. The Balaban J connectivity index is 4.55. The van der Waals surface area contributed by atoms with E-state index in [1.807, 2.05) is 0 Å². The molecule has 2 unspecified atom stereocenters. The average Bonchev–Trinajstić information content (AvgIpc) is 2.61. The number of rotatable bonds is 11. The predicted octanol–water partition coefficient (Wildman–Crippen LogP) is 2.60. The lowest BCUT2D eigenvalue weighted by Gasteiger charge is -2.30. The molecule has 0 saturated carbocycles. The second kappa shape index (κ2) is 12.3. The molecular weight excluding hydrogens is 324 g/mol. The van der Waals surface area contributed by atoms with Gasteiger partial charge in [0.1, 0.15) is 12.1 Å². The van der Waals surface area contributed by atoms with Gasteiger partial charge in [0, 0.05) is 14.1 Å². The van der Waals surface area contributed by atoms with Crippen molar-refractivity contribution in [2.24, 2.45) is 0 Å². The first-order valence-corrected chi connectivity index (χ1v) is 8.71. The van der Waals surface area contributed by atoms with Crippen molar-refractivity contribution in [3.8, 4) is 0 Å². The summed E-state index contributed by atoms with van der Waals surface area (Å²) in [4.78, 5) is 38.9. The van der Waals surface area contributed by atoms with Crippen molar-refractivity contribution < 1.29 is 23.9 Å². The molecule has 0 spiro atoms. The number of carbonyl (C=O) groups excluding carboxylic acids is 3. The van der Waals surface area contributed by atoms with Gasteiger partial charge >= 0.3 is 12.1 Å². The molecule has 0 rings (SSSR count). The maximum absolute atomic E-state index is 12.5. The fraction of sp³-hybridized carbons (Fsp3) is 0.722. The number of unbranched alkanes of at least 4 members (excludes halogenated alkanes) is 2. The van der Waals surface area contributed by atoms with Gasteiger partial charge in [-0.1, -0.05) is 25.8 Å². The molecule has 0 radical (unpaired) electrons. The Labute approximate surface area is 150 Å². The van der Waals surface area contributed by atoms with Crippen LogP contribution in [0.25, 0.3) is 0 Å². The van der Waals surface area contributed by atoms with E-state index in [-0.39, 0.29) is 12.5 Å². The van der Waals surface area contributed by atoms with Crippen LogP contribution < -0.4 is 0 Å². The summed E-state index contributed by atoms with van der Waals surface area (Å²) in [6, 6.07) is -1.47. The molecule has 0 aliphatic heterocycles. The SMILES string of the molecule is C=CCCOC(=O)N(C)C(C)C(=O)N(C)C(C)C(=O)OCCCCC. The van der Waals surface area contributed by atoms with Gasteiger partial charge in [0.15, 0.2) is 0 Å². The standard InChI is InChI=1S/C18H32N2O5/c1-7-9-11-13-24-17(22)15(4)19(5)16(21)14(3)20(6)18(23)25-12-10-8-2/h8,14-15H,2,7,9-13H2,1,3-6H3. The second-order valence-corrected chi connectivity index (χ2v) is 5.98. The largest absolute Gasteiger partial charge is 0.464 e. The third-order valence-electron chi connectivity index (χ3n) is 4.04. The van der Waals surface area contributed by atoms with Crippen molar-refractivity contribution in [3.63, 3.8) is 0 Å². The first-order valence-electron chi connectivity index (χ1n) is 8.71. The Morgan fingerprint density at radius 2 is 1.64 bits per heavy atom. The molecular formula is C18H32N2O5. The molecule has 0 aliphatic carbocycles. The minimum atomic E-state index is -0.753. The highest BCUT2D eigenvalue weighted by Crippen LogP contribution is 2.08. The summed E-state index contributed by atoms with van der Waals surface area (Å²) < 4.78 is 10.2. The van der Waals surface area contributed by atoms with Crippen LogP contribution >= 0.6 is 0 Å². The van der Waals surface area contributed by atoms with Gasteiger partial charge in [0.2, 0.25) is 5.91 Å². The summed E-state index contributed by atoms with van der Waals surface area (Å²) in [5.41, 5.74) is 0. The minimum absolute atomic E-state index is 0.212. The maximum Gasteiger partial charge on any atom is 0.410 e. The van der Waals surface area contributed by atoms with Gasteiger partial charge in [-0.3, -0.25) is 9.69 Å². The van der Waals surface area contributed by atoms with E-state index in [0.717, 1.165) is 19.3 Å². The van der Waals surface area contributed by atoms with Crippen LogP contribution in [-0.2, 0) is 19.1 Å². The highest BCUT2D eigenvalue weighted by Gasteiger charge is 2.31. The summed E-state index contributed by atoms with van der Waals surface area (Å²) >= 11 is 0. The topological polar surface area (TPSA) is 76.2 Å². The first kappa shape index (κ1) is 22.9. The highest BCUT2D eigenvalue weighted by atomic mass is 16.6. The Morgan fingerprint density at radius 3 is 2.20 bits per heavy atom. The molecule has 0 N–H and O–H groups in total. The van der Waals surface area contributed by atoms with Crippen molar-refractivity contribution in [2.45, 2.75) is 58.5 Å². The van der Waals surface area contributed by atoms with E-state index in [0.29, 0.717) is 13.0 Å². The van der Waals surface area contributed by atoms with Gasteiger partial charge in [-0.2, -0.15) is 0 Å². The molecule has 0 bridgehead atoms. The number of esters is 1. The summed E-state index contributed by atoms with van der Waals surface area (Å²) in [5, 5.41) is 0. The number of nitrogens with zero attached hydrogens (tertiary/aromatic N) is 2. The molecule has 0 aromatic rings. The van der Waals surface area contributed by atoms with Gasteiger partial charge in [-0.25, -0.2) is 9.59 Å². The highest BCUT2D eigenvalue weighted by molar-refractivity contribution is 5.89. The zero-order valence-electron chi connectivity index (χ0n) is 16.1. The van der Waals surface area contributed by atoms with E-state index in [9.17, 15) is 14.4 Å². The minimum Gasteiger partial charge on any atom is -0.464 e. The molecule has 0 aromatic carbocycles. The van der Waals surface area contributed by atoms with Crippen LogP contribution in [0.15, 0.2) is 12.7 Å². The molecule has 0 aromatic heterocycles. The summed E-state index contributed by atoms with van der Waals surface area (Å²) in [6.45, 7) is 9.37. The monoisotopic (exact) mass is 356 g/mol. The van der Waals surface area contributed by atoms with Gasteiger partial charge in [0.05, 0.1) is 13.2 Å². The van der Waals surface area contributed by atoms with Crippen molar-refractivity contribution in [2.75, 3.05) is 27.3 Å². The number of ether oxygens (including phenoxy) is 2. The lowest BCUT2D eigenvalue weighted by atomic mass is 10.2. The van der Waals surface area contributed by atoms with Crippen molar-refractivity contribution in [3.05, 3.63) is 12.7 Å². The van der Waals surface area contributed by atoms with Gasteiger partial charge in [-0.05, 0) is 26.7 Å². The number of carbonyl (C=O) groups is 3. The van der Waals surface area contributed by atoms with E-state index in [4.69, 9.17) is 9.47 Å². The molecule has 144 valence electrons. The van der Waals surface area contributed by atoms with Crippen LogP contribution in [0.5, 0.6) is 0 Å². The Morgan fingerprint density at radius 1 is 1.00 bits per heavy atom. The Hall–Kier alpha value is -2.05. The predicted molar refractivity (Wildman–Crippen MR) is 96.1 cm³/mol. The molecule has 0 fully saturated rings. The van der Waals surface area contributed by atoms with Crippen LogP contribution in [0.1, 0.15) is 46.5 Å². The fourth-order valence-electron chi connectivity index (χ4n) is 1.94. The molecule has 0 heterocycles. The van der Waals surface area contributed by atoms with Crippen LogP contribution in [0.4, 0.5) is 4.79 Å². The molecule has 7 heteroatoms. The van der Waals surface area contributed by atoms with Crippen LogP contribution in [0.2, 0.25) is 0 Å². The normalized spacial score (nSPS) is 12.7. The van der Waals surface area contributed by atoms with E-state index in [1.54, 1.807) is 19.9 Å². The lowest BCUT2D eigenvalue weighted by molar-refractivity contribution is -0.154. The quantitative estimate of drug-likeness (QED) is 0.323. The number of likely N-dealkylation sites (N-methyl/N-ethyl adjacent to an activating group) is 2. The maximum atomic E-state index is 12.5. The summed E-state index contributed by atoms with van der Waals surface area (Å²) in [7, 11) is 3.01. The Bertz CT molecular complexity index is 453. The van der Waals surface area contributed by atoms with Gasteiger partial charge in [-0.15, -0.1) is 6.58 Å².